The number of pyridine rings is 1. The van der Waals surface area contributed by atoms with Gasteiger partial charge in [0.2, 0.25) is 5.43 Å². The zero-order chi connectivity index (χ0) is 20.1. The van der Waals surface area contributed by atoms with Crippen molar-refractivity contribution in [2.75, 3.05) is 6.54 Å². The first kappa shape index (κ1) is 18.1. The van der Waals surface area contributed by atoms with E-state index in [0.717, 1.165) is 23.3 Å². The fourth-order valence-corrected chi connectivity index (χ4v) is 5.10. The smallest absolute Gasteiger partial charge is 0.274 e. The molecule has 0 spiro atoms. The summed E-state index contributed by atoms with van der Waals surface area (Å²) in [5.74, 6) is -1.07. The van der Waals surface area contributed by atoms with Crippen molar-refractivity contribution in [3.63, 3.8) is 0 Å². The lowest BCUT2D eigenvalue weighted by molar-refractivity contribution is 0.0661. The van der Waals surface area contributed by atoms with E-state index in [0.29, 0.717) is 30.1 Å². The van der Waals surface area contributed by atoms with Crippen LogP contribution in [0.15, 0.2) is 41.5 Å². The number of thiazole rings is 1. The van der Waals surface area contributed by atoms with Crippen LogP contribution in [0.5, 0.6) is 5.75 Å². The van der Waals surface area contributed by atoms with Crippen LogP contribution in [0, 0.1) is 5.82 Å². The third-order valence-corrected chi connectivity index (χ3v) is 6.61. The number of hydrogen-bond donors (Lipinski definition) is 1. The van der Waals surface area contributed by atoms with Crippen molar-refractivity contribution < 1.29 is 14.3 Å². The van der Waals surface area contributed by atoms with Crippen LogP contribution in [0.3, 0.4) is 0 Å². The fraction of sp³-hybridized carbons (Fsp3) is 0.286. The highest BCUT2D eigenvalue weighted by atomic mass is 32.1. The molecule has 8 heteroatoms. The van der Waals surface area contributed by atoms with Crippen LogP contribution in [0.4, 0.5) is 4.39 Å². The van der Waals surface area contributed by atoms with Gasteiger partial charge in [0.15, 0.2) is 11.4 Å². The Morgan fingerprint density at radius 1 is 1.24 bits per heavy atom. The third-order valence-electron chi connectivity index (χ3n) is 5.58. The van der Waals surface area contributed by atoms with Crippen LogP contribution in [0.2, 0.25) is 0 Å². The predicted molar refractivity (Wildman–Crippen MR) is 107 cm³/mol. The molecule has 148 valence electrons. The summed E-state index contributed by atoms with van der Waals surface area (Å²) in [6.07, 6.45) is 5.76. The molecule has 2 aliphatic heterocycles. The largest absolute Gasteiger partial charge is 0.503 e. The number of fused-ring (bicyclic) bond motifs is 2. The van der Waals surface area contributed by atoms with E-state index < -0.39 is 11.2 Å². The summed E-state index contributed by atoms with van der Waals surface area (Å²) in [5.41, 5.74) is 0.726. The fourth-order valence-electron chi connectivity index (χ4n) is 4.14. The highest BCUT2D eigenvalue weighted by molar-refractivity contribution is 7.15. The first-order valence-electron chi connectivity index (χ1n) is 9.48. The maximum Gasteiger partial charge on any atom is 0.274 e. The topological polar surface area (TPSA) is 75.4 Å². The van der Waals surface area contributed by atoms with E-state index in [-0.39, 0.29) is 23.5 Å². The quantitative estimate of drug-likeness (QED) is 0.719. The highest BCUT2D eigenvalue weighted by Crippen LogP contribution is 2.32. The lowest BCUT2D eigenvalue weighted by Crippen LogP contribution is -2.45. The third kappa shape index (κ3) is 3.04. The van der Waals surface area contributed by atoms with Gasteiger partial charge in [-0.25, -0.2) is 9.37 Å². The molecule has 1 saturated heterocycles. The second-order valence-corrected chi connectivity index (χ2v) is 8.57. The SMILES string of the molecule is O=C1c2c(O)c(=O)c(-c3ncc(Cc4ccc(F)cc4)s3)cn2C[C@H]2CCCN12. The number of carbonyl (C=O) groups is 1. The molecule has 0 saturated carbocycles. The maximum absolute atomic E-state index is 13.1. The van der Waals surface area contributed by atoms with E-state index in [1.165, 1.54) is 23.5 Å². The van der Waals surface area contributed by atoms with Gasteiger partial charge < -0.3 is 14.6 Å². The summed E-state index contributed by atoms with van der Waals surface area (Å²) < 4.78 is 14.8. The molecule has 6 nitrogen and oxygen atoms in total. The van der Waals surface area contributed by atoms with Crippen LogP contribution in [0.1, 0.15) is 33.8 Å². The Bertz CT molecular complexity index is 1170. The van der Waals surface area contributed by atoms with Crippen molar-refractivity contribution in [1.29, 1.82) is 0 Å². The Balaban J connectivity index is 1.50. The van der Waals surface area contributed by atoms with Gasteiger partial charge in [-0.2, -0.15) is 0 Å². The summed E-state index contributed by atoms with van der Waals surface area (Å²) in [5, 5.41) is 11.0. The van der Waals surface area contributed by atoms with Crippen molar-refractivity contribution in [2.24, 2.45) is 0 Å². The number of aromatic nitrogens is 2. The molecular weight excluding hydrogens is 393 g/mol. The molecule has 1 aromatic carbocycles. The van der Waals surface area contributed by atoms with E-state index in [2.05, 4.69) is 4.98 Å². The molecule has 1 N–H and O–H groups in total. The molecule has 0 bridgehead atoms. The zero-order valence-electron chi connectivity index (χ0n) is 15.5. The lowest BCUT2D eigenvalue weighted by atomic mass is 10.1. The number of hydrogen-bond acceptors (Lipinski definition) is 5. The van der Waals surface area contributed by atoms with Gasteiger partial charge in [-0.05, 0) is 30.5 Å². The van der Waals surface area contributed by atoms with Gasteiger partial charge in [-0.3, -0.25) is 9.59 Å². The minimum atomic E-state index is -0.579. The van der Waals surface area contributed by atoms with Gasteiger partial charge in [0.05, 0.1) is 11.6 Å². The molecule has 29 heavy (non-hydrogen) atoms. The molecule has 5 rings (SSSR count). The summed E-state index contributed by atoms with van der Waals surface area (Å²) in [7, 11) is 0. The number of halogens is 1. The van der Waals surface area contributed by atoms with Gasteiger partial charge in [-0.15, -0.1) is 11.3 Å². The van der Waals surface area contributed by atoms with Gasteiger partial charge in [0.1, 0.15) is 10.8 Å². The van der Waals surface area contributed by atoms with Crippen molar-refractivity contribution in [2.45, 2.75) is 31.8 Å². The molecule has 0 radical (unpaired) electrons. The lowest BCUT2D eigenvalue weighted by Gasteiger charge is -2.32. The Hall–Kier alpha value is -3.00. The molecule has 4 heterocycles. The first-order valence-corrected chi connectivity index (χ1v) is 10.3. The average Bonchev–Trinajstić information content (AvgIpc) is 3.36. The zero-order valence-corrected chi connectivity index (χ0v) is 16.3. The van der Waals surface area contributed by atoms with Gasteiger partial charge in [0.25, 0.3) is 5.91 Å². The Labute approximate surface area is 169 Å². The molecule has 2 aromatic heterocycles. The van der Waals surface area contributed by atoms with E-state index in [1.807, 2.05) is 0 Å². The first-order chi connectivity index (χ1) is 14.0. The van der Waals surface area contributed by atoms with Crippen LogP contribution >= 0.6 is 11.3 Å². The molecular formula is C21H18FN3O3S. The van der Waals surface area contributed by atoms with Crippen molar-refractivity contribution in [3.8, 4) is 16.3 Å². The van der Waals surface area contributed by atoms with Crippen LogP contribution in [-0.2, 0) is 13.0 Å². The van der Waals surface area contributed by atoms with Gasteiger partial charge >= 0.3 is 0 Å². The summed E-state index contributed by atoms with van der Waals surface area (Å²) in [6, 6.07) is 6.36. The minimum Gasteiger partial charge on any atom is -0.503 e. The average molecular weight is 411 g/mol. The molecule has 2 aliphatic rings. The highest BCUT2D eigenvalue weighted by Gasteiger charge is 2.38. The summed E-state index contributed by atoms with van der Waals surface area (Å²) >= 11 is 1.35. The number of benzene rings is 1. The molecule has 0 unspecified atom stereocenters. The van der Waals surface area contributed by atoms with E-state index in [9.17, 15) is 19.1 Å². The number of carbonyl (C=O) groups excluding carboxylic acids is 1. The van der Waals surface area contributed by atoms with Gasteiger partial charge in [-0.1, -0.05) is 12.1 Å². The number of rotatable bonds is 3. The van der Waals surface area contributed by atoms with Gasteiger partial charge in [0, 0.05) is 36.8 Å². The maximum atomic E-state index is 13.1. The van der Waals surface area contributed by atoms with Crippen molar-refractivity contribution in [1.82, 2.24) is 14.5 Å². The minimum absolute atomic E-state index is 0.0694. The van der Waals surface area contributed by atoms with Crippen molar-refractivity contribution in [3.05, 3.63) is 68.8 Å². The molecule has 1 amide bonds. The van der Waals surface area contributed by atoms with E-state index >= 15 is 0 Å². The monoisotopic (exact) mass is 411 g/mol. The Morgan fingerprint density at radius 2 is 2.03 bits per heavy atom. The molecule has 1 fully saturated rings. The Kier molecular flexibility index (Phi) is 4.24. The van der Waals surface area contributed by atoms with Crippen molar-refractivity contribution >= 4 is 17.2 Å². The second kappa shape index (κ2) is 6.81. The normalized spacial score (nSPS) is 18.0. The molecule has 3 aromatic rings. The van der Waals surface area contributed by atoms with Crippen LogP contribution < -0.4 is 5.43 Å². The summed E-state index contributed by atoms with van der Waals surface area (Å²) in [6.45, 7) is 1.23. The molecule has 0 aliphatic carbocycles. The predicted octanol–water partition coefficient (Wildman–Crippen LogP) is 3.03. The number of amides is 1. The molecule has 1 atom stereocenters. The number of aromatic hydroxyl groups is 1. The van der Waals surface area contributed by atoms with Crippen LogP contribution in [0.25, 0.3) is 10.6 Å². The van der Waals surface area contributed by atoms with E-state index in [4.69, 9.17) is 0 Å². The Morgan fingerprint density at radius 3 is 2.83 bits per heavy atom. The second-order valence-electron chi connectivity index (χ2n) is 7.45. The van der Waals surface area contributed by atoms with Crippen LogP contribution in [-0.4, -0.2) is 38.1 Å². The number of nitrogens with zero attached hydrogens (tertiary/aromatic N) is 3. The standard InChI is InChI=1S/C21H18FN3O3S/c22-13-5-3-12(4-6-13)8-15-9-23-20(29-15)16-11-24-10-14-2-1-7-25(14)21(28)17(24)19(27)18(16)26/h3-6,9,11,14,27H,1-2,7-8,10H2/t14-/m1/s1. The van der Waals surface area contributed by atoms with E-state index in [1.54, 1.807) is 34.0 Å². The summed E-state index contributed by atoms with van der Waals surface area (Å²) in [4.78, 5) is 32.5.